The van der Waals surface area contributed by atoms with Gasteiger partial charge in [0, 0.05) is 45.7 Å². The number of piperazine rings is 1. The molecule has 0 radical (unpaired) electrons. The normalized spacial score (nSPS) is 15.2. The Morgan fingerprint density at radius 1 is 0.833 bits per heavy atom. The molecule has 0 aliphatic carbocycles. The average molecular weight is 411 g/mol. The summed E-state index contributed by atoms with van der Waals surface area (Å²) in [6.07, 6.45) is 1.38. The van der Waals surface area contributed by atoms with Gasteiger partial charge >= 0.3 is 0 Å². The summed E-state index contributed by atoms with van der Waals surface area (Å²) in [5.74, 6) is 1.07. The lowest BCUT2D eigenvalue weighted by Crippen LogP contribution is -2.46. The van der Waals surface area contributed by atoms with Gasteiger partial charge in [0.2, 0.25) is 0 Å². The van der Waals surface area contributed by atoms with Crippen LogP contribution in [-0.4, -0.2) is 68.1 Å². The molecule has 5 nitrogen and oxygen atoms in total. The Labute approximate surface area is 180 Å². The van der Waals surface area contributed by atoms with Crippen molar-refractivity contribution < 1.29 is 14.3 Å². The van der Waals surface area contributed by atoms with Crippen LogP contribution < -0.4 is 4.74 Å². The summed E-state index contributed by atoms with van der Waals surface area (Å²) in [4.78, 5) is 16.0. The number of ketones is 1. The monoisotopic (exact) mass is 410 g/mol. The number of benzene rings is 2. The number of hydrogen-bond acceptors (Lipinski definition) is 5. The van der Waals surface area contributed by atoms with Crippen LogP contribution in [0, 0.1) is 0 Å². The summed E-state index contributed by atoms with van der Waals surface area (Å²) < 4.78 is 11.5. The van der Waals surface area contributed by atoms with E-state index in [-0.39, 0.29) is 5.78 Å². The van der Waals surface area contributed by atoms with E-state index >= 15 is 0 Å². The molecule has 5 heteroatoms. The van der Waals surface area contributed by atoms with Gasteiger partial charge in [-0.2, -0.15) is 0 Å². The summed E-state index contributed by atoms with van der Waals surface area (Å²) in [6.45, 7) is 9.96. The van der Waals surface area contributed by atoms with Gasteiger partial charge in [-0.15, -0.1) is 0 Å². The molecule has 0 unspecified atom stereocenters. The minimum atomic E-state index is 0.224. The van der Waals surface area contributed by atoms with E-state index in [1.54, 1.807) is 6.92 Å². The van der Waals surface area contributed by atoms with Crippen LogP contribution in [0.5, 0.6) is 5.75 Å². The van der Waals surface area contributed by atoms with Crippen molar-refractivity contribution in [1.82, 2.24) is 9.80 Å². The molecule has 1 fully saturated rings. The molecule has 0 spiro atoms. The summed E-state index contributed by atoms with van der Waals surface area (Å²) in [7, 11) is 0. The molecule has 1 aliphatic heterocycles. The summed E-state index contributed by atoms with van der Waals surface area (Å²) in [5.41, 5.74) is 2.55. The first-order valence-corrected chi connectivity index (χ1v) is 11.0. The molecule has 0 bridgehead atoms. The summed E-state index contributed by atoms with van der Waals surface area (Å²) in [6, 6.07) is 18.7. The van der Waals surface area contributed by atoms with Gasteiger partial charge in [-0.25, -0.2) is 0 Å². The van der Waals surface area contributed by atoms with Crippen molar-refractivity contribution in [1.29, 1.82) is 0 Å². The van der Waals surface area contributed by atoms with Crippen molar-refractivity contribution >= 4 is 5.78 Å². The molecule has 1 aliphatic rings. The molecule has 2 aromatic rings. The van der Waals surface area contributed by atoms with Crippen LogP contribution in [0.25, 0.3) is 0 Å². The van der Waals surface area contributed by atoms with E-state index in [2.05, 4.69) is 40.1 Å². The van der Waals surface area contributed by atoms with Gasteiger partial charge in [-0.3, -0.25) is 9.80 Å². The van der Waals surface area contributed by atoms with E-state index in [0.717, 1.165) is 63.6 Å². The Morgan fingerprint density at radius 3 is 2.23 bits per heavy atom. The number of ether oxygens (including phenoxy) is 2. The molecule has 30 heavy (non-hydrogen) atoms. The van der Waals surface area contributed by atoms with Crippen molar-refractivity contribution in [2.24, 2.45) is 0 Å². The van der Waals surface area contributed by atoms with Gasteiger partial charge in [-0.1, -0.05) is 42.5 Å². The second-order valence-corrected chi connectivity index (χ2v) is 7.91. The molecule has 0 aromatic heterocycles. The minimum absolute atomic E-state index is 0.224. The highest BCUT2D eigenvalue weighted by molar-refractivity contribution is 5.75. The zero-order valence-corrected chi connectivity index (χ0v) is 18.1. The van der Waals surface area contributed by atoms with E-state index in [1.165, 1.54) is 5.56 Å². The van der Waals surface area contributed by atoms with Crippen molar-refractivity contribution in [2.45, 2.75) is 26.3 Å². The van der Waals surface area contributed by atoms with Gasteiger partial charge in [0.15, 0.2) is 0 Å². The predicted octanol–water partition coefficient (Wildman–Crippen LogP) is 3.42. The quantitative estimate of drug-likeness (QED) is 0.502. The third kappa shape index (κ3) is 8.27. The number of hydrogen-bond donors (Lipinski definition) is 0. The summed E-state index contributed by atoms with van der Waals surface area (Å²) >= 11 is 0. The second kappa shape index (κ2) is 12.5. The first-order valence-electron chi connectivity index (χ1n) is 11.0. The van der Waals surface area contributed by atoms with E-state index in [0.29, 0.717) is 19.6 Å². The lowest BCUT2D eigenvalue weighted by atomic mass is 10.1. The molecule has 0 atom stereocenters. The molecule has 1 saturated heterocycles. The fraction of sp³-hybridized carbons (Fsp3) is 0.480. The maximum absolute atomic E-state index is 11.1. The van der Waals surface area contributed by atoms with E-state index in [1.807, 2.05) is 24.3 Å². The van der Waals surface area contributed by atoms with Crippen molar-refractivity contribution in [3.8, 4) is 5.75 Å². The number of nitrogens with zero attached hydrogens (tertiary/aromatic N) is 2. The zero-order valence-electron chi connectivity index (χ0n) is 18.1. The molecular weight excluding hydrogens is 376 g/mol. The smallest absolute Gasteiger partial charge is 0.130 e. The topological polar surface area (TPSA) is 42.0 Å². The lowest BCUT2D eigenvalue weighted by molar-refractivity contribution is -0.116. The Balaban J connectivity index is 1.21. The van der Waals surface area contributed by atoms with E-state index in [4.69, 9.17) is 9.47 Å². The highest BCUT2D eigenvalue weighted by atomic mass is 16.5. The molecule has 1 heterocycles. The van der Waals surface area contributed by atoms with Gasteiger partial charge in [-0.05, 0) is 36.6 Å². The van der Waals surface area contributed by atoms with E-state index < -0.39 is 0 Å². The molecule has 0 saturated carbocycles. The number of Topliss-reactive ketones (excluding diaryl/α,β-unsaturated/α-hetero) is 1. The zero-order chi connectivity index (χ0) is 21.0. The van der Waals surface area contributed by atoms with Crippen LogP contribution in [0.15, 0.2) is 54.6 Å². The standard InChI is InChI=1S/C25H34N2O3/c1-22(28)7-8-23-9-11-25(12-10-23)30-20-19-29-18-17-26-13-15-27(16-14-26)21-24-5-3-2-4-6-24/h2-6,9-12H,7-8,13-21H2,1H3. The van der Waals surface area contributed by atoms with Crippen LogP contribution in [0.1, 0.15) is 24.5 Å². The number of carbonyl (C=O) groups is 1. The fourth-order valence-electron chi connectivity index (χ4n) is 3.60. The maximum atomic E-state index is 11.1. The van der Waals surface area contributed by atoms with Crippen LogP contribution in [0.3, 0.4) is 0 Å². The van der Waals surface area contributed by atoms with E-state index in [9.17, 15) is 4.79 Å². The van der Waals surface area contributed by atoms with Crippen LogP contribution in [0.4, 0.5) is 0 Å². The molecule has 2 aromatic carbocycles. The SMILES string of the molecule is CC(=O)CCc1ccc(OCCOCCN2CCN(Cc3ccccc3)CC2)cc1. The molecule has 162 valence electrons. The third-order valence-corrected chi connectivity index (χ3v) is 5.45. The van der Waals surface area contributed by atoms with Gasteiger partial charge in [0.05, 0.1) is 13.2 Å². The second-order valence-electron chi connectivity index (χ2n) is 7.91. The molecule has 0 amide bonds. The predicted molar refractivity (Wildman–Crippen MR) is 120 cm³/mol. The number of aryl methyl sites for hydroxylation is 1. The number of carbonyl (C=O) groups excluding carboxylic acids is 1. The van der Waals surface area contributed by atoms with Crippen LogP contribution >= 0.6 is 0 Å². The first-order chi connectivity index (χ1) is 14.7. The highest BCUT2D eigenvalue weighted by Gasteiger charge is 2.16. The third-order valence-electron chi connectivity index (χ3n) is 5.45. The first kappa shape index (κ1) is 22.5. The Bertz CT molecular complexity index is 741. The van der Waals surface area contributed by atoms with Gasteiger partial charge in [0.1, 0.15) is 18.1 Å². The highest BCUT2D eigenvalue weighted by Crippen LogP contribution is 2.13. The fourth-order valence-corrected chi connectivity index (χ4v) is 3.60. The Morgan fingerprint density at radius 2 is 1.53 bits per heavy atom. The van der Waals surface area contributed by atoms with Crippen molar-refractivity contribution in [3.05, 3.63) is 65.7 Å². The number of rotatable bonds is 12. The Hall–Kier alpha value is -2.21. The maximum Gasteiger partial charge on any atom is 0.130 e. The van der Waals surface area contributed by atoms with Crippen LogP contribution in [-0.2, 0) is 22.5 Å². The van der Waals surface area contributed by atoms with Crippen molar-refractivity contribution in [2.75, 3.05) is 52.5 Å². The van der Waals surface area contributed by atoms with Crippen molar-refractivity contribution in [3.63, 3.8) is 0 Å². The Kier molecular flexibility index (Phi) is 9.35. The van der Waals surface area contributed by atoms with Gasteiger partial charge in [0.25, 0.3) is 0 Å². The molecule has 3 rings (SSSR count). The van der Waals surface area contributed by atoms with Gasteiger partial charge < -0.3 is 14.3 Å². The minimum Gasteiger partial charge on any atom is -0.491 e. The molecular formula is C25H34N2O3. The summed E-state index contributed by atoms with van der Waals surface area (Å²) in [5, 5.41) is 0. The largest absolute Gasteiger partial charge is 0.491 e. The lowest BCUT2D eigenvalue weighted by Gasteiger charge is -2.34. The van der Waals surface area contributed by atoms with Crippen LogP contribution in [0.2, 0.25) is 0 Å². The average Bonchev–Trinajstić information content (AvgIpc) is 2.77. The molecule has 0 N–H and O–H groups in total.